The van der Waals surface area contributed by atoms with Crippen LogP contribution in [0.2, 0.25) is 0 Å². The molecule has 0 atom stereocenters. The molecule has 4 rings (SSSR count). The van der Waals surface area contributed by atoms with Gasteiger partial charge in [0, 0.05) is 47.1 Å². The number of ether oxygens (including phenoxy) is 6. The normalized spacial score (nSPS) is 10.6. The molecule has 0 bridgehead atoms. The Labute approximate surface area is 202 Å². The van der Waals surface area contributed by atoms with Crippen molar-refractivity contribution >= 4 is 22.4 Å². The quantitative estimate of drug-likeness (QED) is 0.370. The Morgan fingerprint density at radius 2 is 1.31 bits per heavy atom. The molecular formula is C25H26N4O6. The lowest BCUT2D eigenvalue weighted by molar-refractivity contribution is 0.324. The maximum absolute atomic E-state index is 5.50. The van der Waals surface area contributed by atoms with Crippen molar-refractivity contribution in [3.63, 3.8) is 0 Å². The van der Waals surface area contributed by atoms with Gasteiger partial charge in [-0.25, -0.2) is 15.0 Å². The van der Waals surface area contributed by atoms with Crippen molar-refractivity contribution in [2.75, 3.05) is 48.0 Å². The van der Waals surface area contributed by atoms with Crippen molar-refractivity contribution in [3.05, 3.63) is 42.6 Å². The van der Waals surface area contributed by atoms with Gasteiger partial charge in [-0.1, -0.05) is 0 Å². The van der Waals surface area contributed by atoms with Crippen LogP contribution in [0.25, 0.3) is 22.3 Å². The Morgan fingerprint density at radius 3 is 1.86 bits per heavy atom. The molecule has 2 aromatic carbocycles. The van der Waals surface area contributed by atoms with Crippen LogP contribution >= 0.6 is 0 Å². The Kier molecular flexibility index (Phi) is 6.91. The predicted octanol–water partition coefficient (Wildman–Crippen LogP) is 4.49. The number of fused-ring (bicyclic) bond motifs is 1. The number of rotatable bonds is 9. The van der Waals surface area contributed by atoms with Crippen molar-refractivity contribution in [1.29, 1.82) is 0 Å². The summed E-state index contributed by atoms with van der Waals surface area (Å²) in [7, 11) is 9.40. The molecule has 2 aromatic heterocycles. The zero-order valence-electron chi connectivity index (χ0n) is 20.3. The van der Waals surface area contributed by atoms with Gasteiger partial charge in [0.15, 0.2) is 28.8 Å². The fraction of sp³-hybridized carbons (Fsp3) is 0.240. The van der Waals surface area contributed by atoms with Crippen LogP contribution in [0.4, 0.5) is 11.5 Å². The zero-order chi connectivity index (χ0) is 24.9. The maximum Gasteiger partial charge on any atom is 0.212 e. The van der Waals surface area contributed by atoms with Gasteiger partial charge < -0.3 is 33.7 Å². The van der Waals surface area contributed by atoms with E-state index in [-0.39, 0.29) is 0 Å². The van der Waals surface area contributed by atoms with Gasteiger partial charge in [0.05, 0.1) is 48.2 Å². The Balaban J connectivity index is 1.90. The average Bonchev–Trinajstić information content (AvgIpc) is 2.91. The van der Waals surface area contributed by atoms with Crippen LogP contribution in [0, 0.1) is 0 Å². The fourth-order valence-electron chi connectivity index (χ4n) is 3.60. The van der Waals surface area contributed by atoms with E-state index in [2.05, 4.69) is 10.3 Å². The molecule has 0 aliphatic heterocycles. The first-order valence-corrected chi connectivity index (χ1v) is 10.6. The fourth-order valence-corrected chi connectivity index (χ4v) is 3.60. The summed E-state index contributed by atoms with van der Waals surface area (Å²) in [6, 6.07) is 10.8. The topological polar surface area (TPSA) is 106 Å². The highest BCUT2D eigenvalue weighted by atomic mass is 16.5. The zero-order valence-corrected chi connectivity index (χ0v) is 20.3. The van der Waals surface area contributed by atoms with Crippen molar-refractivity contribution in [3.8, 4) is 46.0 Å². The molecule has 0 aliphatic carbocycles. The molecule has 0 amide bonds. The summed E-state index contributed by atoms with van der Waals surface area (Å²) in [6.07, 6.45) is 1.66. The SMILES string of the molecule is COc1ccc(-c2nc(Nc3cc(OC)c(OC)c(OC)c3)c3cc(OC)c(OC)cc3n2)cn1. The van der Waals surface area contributed by atoms with Crippen LogP contribution in [-0.4, -0.2) is 57.6 Å². The van der Waals surface area contributed by atoms with Gasteiger partial charge in [0.25, 0.3) is 0 Å². The van der Waals surface area contributed by atoms with Crippen molar-refractivity contribution in [2.24, 2.45) is 0 Å². The summed E-state index contributed by atoms with van der Waals surface area (Å²) in [6.45, 7) is 0. The highest BCUT2D eigenvalue weighted by Gasteiger charge is 2.18. The van der Waals surface area contributed by atoms with E-state index in [0.717, 1.165) is 10.9 Å². The second-order valence-corrected chi connectivity index (χ2v) is 7.25. The highest BCUT2D eigenvalue weighted by molar-refractivity contribution is 5.94. The number of aromatic nitrogens is 3. The number of nitrogens with zero attached hydrogens (tertiary/aromatic N) is 3. The molecule has 1 N–H and O–H groups in total. The first-order chi connectivity index (χ1) is 17.0. The van der Waals surface area contributed by atoms with Gasteiger partial charge in [0.2, 0.25) is 11.6 Å². The lowest BCUT2D eigenvalue weighted by Gasteiger charge is -2.17. The molecule has 0 saturated heterocycles. The van der Waals surface area contributed by atoms with Crippen molar-refractivity contribution in [2.45, 2.75) is 0 Å². The monoisotopic (exact) mass is 478 g/mol. The third-order valence-electron chi connectivity index (χ3n) is 5.33. The minimum atomic E-state index is 0.467. The highest BCUT2D eigenvalue weighted by Crippen LogP contribution is 2.42. The minimum Gasteiger partial charge on any atom is -0.493 e. The summed E-state index contributed by atoms with van der Waals surface area (Å²) < 4.78 is 32.6. The minimum absolute atomic E-state index is 0.467. The summed E-state index contributed by atoms with van der Waals surface area (Å²) in [5, 5.41) is 4.08. The van der Waals surface area contributed by atoms with E-state index in [0.29, 0.717) is 57.5 Å². The van der Waals surface area contributed by atoms with Crippen LogP contribution in [0.1, 0.15) is 0 Å². The largest absolute Gasteiger partial charge is 0.493 e. The van der Waals surface area contributed by atoms with E-state index in [1.165, 1.54) is 0 Å². The summed E-state index contributed by atoms with van der Waals surface area (Å²) in [4.78, 5) is 13.8. The molecule has 10 heteroatoms. The predicted molar refractivity (Wildman–Crippen MR) is 132 cm³/mol. The van der Waals surface area contributed by atoms with Gasteiger partial charge in [0.1, 0.15) is 5.82 Å². The lowest BCUT2D eigenvalue weighted by atomic mass is 10.1. The van der Waals surface area contributed by atoms with Crippen LogP contribution in [0.15, 0.2) is 42.6 Å². The van der Waals surface area contributed by atoms with E-state index < -0.39 is 0 Å². The molecular weight excluding hydrogens is 452 g/mol. The molecule has 0 saturated carbocycles. The number of pyridine rings is 1. The molecule has 0 fully saturated rings. The number of methoxy groups -OCH3 is 6. The smallest absolute Gasteiger partial charge is 0.212 e. The van der Waals surface area contributed by atoms with Crippen LogP contribution in [0.3, 0.4) is 0 Å². The Hall–Kier alpha value is -4.47. The van der Waals surface area contributed by atoms with Gasteiger partial charge in [-0.05, 0) is 12.1 Å². The standard InChI is InChI=1S/C25H26N4O6/c1-30-18-11-16-17(12-19(18)31-2)28-24(14-7-8-22(34-5)26-13-14)29-25(16)27-15-9-20(32-3)23(35-6)21(10-15)33-4/h7-13H,1-6H3,(H,27,28,29). The van der Waals surface area contributed by atoms with Gasteiger partial charge in [-0.2, -0.15) is 0 Å². The first kappa shape index (κ1) is 23.7. The van der Waals surface area contributed by atoms with E-state index >= 15 is 0 Å². The average molecular weight is 479 g/mol. The van der Waals surface area contributed by atoms with E-state index in [1.807, 2.05) is 12.1 Å². The lowest BCUT2D eigenvalue weighted by Crippen LogP contribution is -2.02. The summed E-state index contributed by atoms with van der Waals surface area (Å²) in [5.74, 6) is 4.11. The first-order valence-electron chi connectivity index (χ1n) is 10.6. The molecule has 0 unspecified atom stereocenters. The Bertz CT molecular complexity index is 1320. The molecule has 10 nitrogen and oxygen atoms in total. The molecule has 182 valence electrons. The molecule has 0 aliphatic rings. The van der Waals surface area contributed by atoms with Crippen LogP contribution in [-0.2, 0) is 0 Å². The van der Waals surface area contributed by atoms with Gasteiger partial charge in [-0.15, -0.1) is 0 Å². The molecule has 0 spiro atoms. The van der Waals surface area contributed by atoms with Crippen LogP contribution < -0.4 is 33.7 Å². The third kappa shape index (κ3) is 4.63. The van der Waals surface area contributed by atoms with Gasteiger partial charge in [-0.3, -0.25) is 0 Å². The second-order valence-electron chi connectivity index (χ2n) is 7.25. The number of anilines is 2. The molecule has 2 heterocycles. The number of hydrogen-bond acceptors (Lipinski definition) is 10. The van der Waals surface area contributed by atoms with Gasteiger partial charge >= 0.3 is 0 Å². The van der Waals surface area contributed by atoms with E-state index in [9.17, 15) is 0 Å². The Morgan fingerprint density at radius 1 is 0.657 bits per heavy atom. The van der Waals surface area contributed by atoms with E-state index in [4.69, 9.17) is 38.4 Å². The van der Waals surface area contributed by atoms with Crippen molar-refractivity contribution < 1.29 is 28.4 Å². The number of nitrogens with one attached hydrogen (secondary N) is 1. The molecule has 0 radical (unpaired) electrons. The van der Waals surface area contributed by atoms with Crippen LogP contribution in [0.5, 0.6) is 34.6 Å². The van der Waals surface area contributed by atoms with E-state index in [1.54, 1.807) is 73.1 Å². The molecule has 35 heavy (non-hydrogen) atoms. The second kappa shape index (κ2) is 10.2. The third-order valence-corrected chi connectivity index (χ3v) is 5.33. The maximum atomic E-state index is 5.50. The summed E-state index contributed by atoms with van der Waals surface area (Å²) in [5.41, 5.74) is 2.04. The summed E-state index contributed by atoms with van der Waals surface area (Å²) >= 11 is 0. The molecule has 4 aromatic rings. The van der Waals surface area contributed by atoms with Crippen molar-refractivity contribution in [1.82, 2.24) is 15.0 Å². The number of benzene rings is 2. The number of hydrogen-bond donors (Lipinski definition) is 1.